The standard InChI is InChI=1S/C13H20N2O3S/c1-9-5-6-15(10(2)7-9)19(17,18)11-3-4-13(16)12(14)8-11/h3-4,8-10,16H,5-7,14H2,1-2H3. The Morgan fingerprint density at radius 1 is 1.37 bits per heavy atom. The van der Waals surface area contributed by atoms with Crippen LogP contribution in [0, 0.1) is 5.92 Å². The highest BCUT2D eigenvalue weighted by Crippen LogP contribution is 2.30. The maximum atomic E-state index is 12.6. The number of nitrogen functional groups attached to an aromatic ring is 1. The Kier molecular flexibility index (Phi) is 3.73. The van der Waals surface area contributed by atoms with Crippen LogP contribution in [0.3, 0.4) is 0 Å². The summed E-state index contributed by atoms with van der Waals surface area (Å²) in [6.45, 7) is 4.60. The molecule has 2 rings (SSSR count). The first-order valence-corrected chi connectivity index (χ1v) is 7.86. The van der Waals surface area contributed by atoms with Gasteiger partial charge in [-0.1, -0.05) is 6.92 Å². The fourth-order valence-corrected chi connectivity index (χ4v) is 4.26. The van der Waals surface area contributed by atoms with E-state index in [1.54, 1.807) is 0 Å². The van der Waals surface area contributed by atoms with Gasteiger partial charge in [0.2, 0.25) is 10.0 Å². The van der Waals surface area contributed by atoms with Crippen molar-refractivity contribution in [2.45, 2.75) is 37.6 Å². The summed E-state index contributed by atoms with van der Waals surface area (Å²) in [4.78, 5) is 0.143. The van der Waals surface area contributed by atoms with Crippen LogP contribution in [0.25, 0.3) is 0 Å². The molecule has 1 fully saturated rings. The summed E-state index contributed by atoms with van der Waals surface area (Å²) in [6, 6.07) is 4.02. The highest BCUT2D eigenvalue weighted by Gasteiger charge is 2.33. The lowest BCUT2D eigenvalue weighted by atomic mass is 9.95. The lowest BCUT2D eigenvalue weighted by Crippen LogP contribution is -2.44. The first-order valence-electron chi connectivity index (χ1n) is 6.42. The first-order chi connectivity index (χ1) is 8.82. The van der Waals surface area contributed by atoms with Gasteiger partial charge >= 0.3 is 0 Å². The quantitative estimate of drug-likeness (QED) is 0.640. The third-order valence-corrected chi connectivity index (χ3v) is 5.69. The smallest absolute Gasteiger partial charge is 0.243 e. The van der Waals surface area contributed by atoms with Gasteiger partial charge in [0.15, 0.2) is 0 Å². The number of hydrogen-bond donors (Lipinski definition) is 2. The second kappa shape index (κ2) is 5.02. The van der Waals surface area contributed by atoms with Crippen LogP contribution < -0.4 is 5.73 Å². The molecule has 0 aromatic heterocycles. The zero-order chi connectivity index (χ0) is 14.2. The zero-order valence-electron chi connectivity index (χ0n) is 11.2. The monoisotopic (exact) mass is 284 g/mol. The van der Waals surface area contributed by atoms with E-state index in [1.165, 1.54) is 22.5 Å². The van der Waals surface area contributed by atoms with Crippen molar-refractivity contribution in [3.05, 3.63) is 18.2 Å². The molecule has 1 aliphatic heterocycles. The minimum absolute atomic E-state index is 0.0104. The molecule has 0 bridgehead atoms. The second-order valence-corrected chi connectivity index (χ2v) is 7.21. The van der Waals surface area contributed by atoms with Gasteiger partial charge in [0.25, 0.3) is 0 Å². The molecule has 1 saturated heterocycles. The molecule has 2 unspecified atom stereocenters. The Morgan fingerprint density at radius 2 is 2.05 bits per heavy atom. The summed E-state index contributed by atoms with van der Waals surface area (Å²) in [7, 11) is -3.53. The molecule has 0 aliphatic carbocycles. The summed E-state index contributed by atoms with van der Waals surface area (Å²) in [6.07, 6.45) is 1.74. The Hall–Kier alpha value is -1.27. The number of phenols is 1. The van der Waals surface area contributed by atoms with Crippen LogP contribution in [-0.4, -0.2) is 30.4 Å². The van der Waals surface area contributed by atoms with E-state index in [-0.39, 0.29) is 22.4 Å². The molecule has 19 heavy (non-hydrogen) atoms. The van der Waals surface area contributed by atoms with Crippen molar-refractivity contribution >= 4 is 15.7 Å². The molecular formula is C13H20N2O3S. The van der Waals surface area contributed by atoms with Crippen LogP contribution in [0.4, 0.5) is 5.69 Å². The second-order valence-electron chi connectivity index (χ2n) is 5.31. The molecule has 6 heteroatoms. The highest BCUT2D eigenvalue weighted by molar-refractivity contribution is 7.89. The van der Waals surface area contributed by atoms with Crippen LogP contribution in [0.2, 0.25) is 0 Å². The van der Waals surface area contributed by atoms with E-state index < -0.39 is 10.0 Å². The molecule has 0 saturated carbocycles. The Balaban J connectivity index is 2.34. The van der Waals surface area contributed by atoms with Gasteiger partial charge in [-0.25, -0.2) is 8.42 Å². The van der Waals surface area contributed by atoms with Crippen molar-refractivity contribution in [1.82, 2.24) is 4.31 Å². The van der Waals surface area contributed by atoms with E-state index in [0.29, 0.717) is 12.5 Å². The fourth-order valence-electron chi connectivity index (χ4n) is 2.57. The molecule has 3 N–H and O–H groups in total. The molecular weight excluding hydrogens is 264 g/mol. The summed E-state index contributed by atoms with van der Waals surface area (Å²) >= 11 is 0. The highest BCUT2D eigenvalue weighted by atomic mass is 32.2. The van der Waals surface area contributed by atoms with Crippen LogP contribution >= 0.6 is 0 Å². The third-order valence-electron chi connectivity index (χ3n) is 3.68. The molecule has 5 nitrogen and oxygen atoms in total. The van der Waals surface area contributed by atoms with Gasteiger partial charge in [0, 0.05) is 12.6 Å². The summed E-state index contributed by atoms with van der Waals surface area (Å²) < 4.78 is 26.6. The number of nitrogens with zero attached hydrogens (tertiary/aromatic N) is 1. The topological polar surface area (TPSA) is 83.6 Å². The number of sulfonamides is 1. The van der Waals surface area contributed by atoms with E-state index >= 15 is 0 Å². The molecule has 0 spiro atoms. The van der Waals surface area contributed by atoms with E-state index in [9.17, 15) is 13.5 Å². The Labute approximate surface area is 114 Å². The zero-order valence-corrected chi connectivity index (χ0v) is 12.0. The predicted molar refractivity (Wildman–Crippen MR) is 74.3 cm³/mol. The molecule has 106 valence electrons. The lowest BCUT2D eigenvalue weighted by molar-refractivity contribution is 0.220. The fraction of sp³-hybridized carbons (Fsp3) is 0.538. The van der Waals surface area contributed by atoms with Gasteiger partial charge < -0.3 is 10.8 Å². The van der Waals surface area contributed by atoms with Crippen LogP contribution in [-0.2, 0) is 10.0 Å². The third kappa shape index (κ3) is 2.69. The minimum Gasteiger partial charge on any atom is -0.506 e. The summed E-state index contributed by atoms with van der Waals surface area (Å²) in [5.74, 6) is 0.450. The first kappa shape index (κ1) is 14.1. The van der Waals surface area contributed by atoms with Gasteiger partial charge in [0.1, 0.15) is 5.75 Å². The minimum atomic E-state index is -3.53. The Bertz CT molecular complexity index is 571. The van der Waals surface area contributed by atoms with Crippen LogP contribution in [0.15, 0.2) is 23.1 Å². The number of anilines is 1. The number of benzene rings is 1. The predicted octanol–water partition coefficient (Wildman–Crippen LogP) is 1.78. The number of hydrogen-bond acceptors (Lipinski definition) is 4. The molecule has 1 aromatic carbocycles. The normalized spacial score (nSPS) is 25.4. The average Bonchev–Trinajstić information content (AvgIpc) is 2.32. The largest absolute Gasteiger partial charge is 0.506 e. The van der Waals surface area contributed by atoms with E-state index in [0.717, 1.165) is 12.8 Å². The maximum absolute atomic E-state index is 12.6. The van der Waals surface area contributed by atoms with E-state index in [4.69, 9.17) is 5.73 Å². The van der Waals surface area contributed by atoms with Gasteiger partial charge in [-0.3, -0.25) is 0 Å². The number of phenolic OH excluding ortho intramolecular Hbond substituents is 1. The van der Waals surface area contributed by atoms with E-state index in [2.05, 4.69) is 6.92 Å². The number of nitrogens with two attached hydrogens (primary N) is 1. The van der Waals surface area contributed by atoms with Crippen LogP contribution in [0.5, 0.6) is 5.75 Å². The van der Waals surface area contributed by atoms with Crippen molar-refractivity contribution in [1.29, 1.82) is 0 Å². The van der Waals surface area contributed by atoms with Crippen molar-refractivity contribution in [2.24, 2.45) is 5.92 Å². The number of rotatable bonds is 2. The lowest BCUT2D eigenvalue weighted by Gasteiger charge is -2.35. The Morgan fingerprint density at radius 3 is 2.63 bits per heavy atom. The van der Waals surface area contributed by atoms with Gasteiger partial charge in [-0.05, 0) is 43.9 Å². The van der Waals surface area contributed by atoms with Gasteiger partial charge in [0.05, 0.1) is 10.6 Å². The summed E-state index contributed by atoms with van der Waals surface area (Å²) in [5, 5.41) is 9.37. The van der Waals surface area contributed by atoms with E-state index in [1.807, 2.05) is 6.92 Å². The maximum Gasteiger partial charge on any atom is 0.243 e. The van der Waals surface area contributed by atoms with Crippen molar-refractivity contribution < 1.29 is 13.5 Å². The molecule has 1 aromatic rings. The molecule has 1 heterocycles. The van der Waals surface area contributed by atoms with Gasteiger partial charge in [-0.2, -0.15) is 4.31 Å². The van der Waals surface area contributed by atoms with Gasteiger partial charge in [-0.15, -0.1) is 0 Å². The summed E-state index contributed by atoms with van der Waals surface area (Å²) in [5.41, 5.74) is 5.65. The molecule has 0 radical (unpaired) electrons. The van der Waals surface area contributed by atoms with Crippen molar-refractivity contribution in [2.75, 3.05) is 12.3 Å². The molecule has 2 atom stereocenters. The molecule has 0 amide bonds. The SMILES string of the molecule is CC1CCN(S(=O)(=O)c2ccc(O)c(N)c2)C(C)C1. The number of aromatic hydroxyl groups is 1. The number of piperidine rings is 1. The molecule has 1 aliphatic rings. The van der Waals surface area contributed by atoms with Crippen molar-refractivity contribution in [3.8, 4) is 5.75 Å². The van der Waals surface area contributed by atoms with Crippen molar-refractivity contribution in [3.63, 3.8) is 0 Å². The average molecular weight is 284 g/mol. The van der Waals surface area contributed by atoms with Crippen LogP contribution in [0.1, 0.15) is 26.7 Å².